The highest BCUT2D eigenvalue weighted by molar-refractivity contribution is 6.10. The molecule has 0 radical (unpaired) electrons. The zero-order chi connectivity index (χ0) is 21.1. The second kappa shape index (κ2) is 8.00. The van der Waals surface area contributed by atoms with Crippen LogP contribution in [0.25, 0.3) is 5.52 Å². The topological polar surface area (TPSA) is 112 Å². The Morgan fingerprint density at radius 2 is 1.90 bits per heavy atom. The van der Waals surface area contributed by atoms with Gasteiger partial charge in [0, 0.05) is 11.9 Å². The Labute approximate surface area is 170 Å². The molecule has 0 aliphatic carbocycles. The fraction of sp³-hybridized carbons (Fsp3) is 0.0476. The Morgan fingerprint density at radius 3 is 2.63 bits per heavy atom. The minimum atomic E-state index is -1.37. The number of nitrogens with two attached hydrogens (primary N) is 1. The summed E-state index contributed by atoms with van der Waals surface area (Å²) in [4.78, 5) is 28.5. The largest absolute Gasteiger partial charge is 0.434 e. The summed E-state index contributed by atoms with van der Waals surface area (Å²) in [6.07, 6.45) is 2.98. The maximum absolute atomic E-state index is 14.7. The van der Waals surface area contributed by atoms with Crippen LogP contribution in [-0.2, 0) is 9.59 Å². The lowest BCUT2D eigenvalue weighted by Gasteiger charge is -2.15. The van der Waals surface area contributed by atoms with Crippen LogP contribution >= 0.6 is 0 Å². The molecule has 0 aliphatic heterocycles. The molecule has 4 rings (SSSR count). The van der Waals surface area contributed by atoms with Crippen LogP contribution in [0.1, 0.15) is 11.5 Å². The van der Waals surface area contributed by atoms with Gasteiger partial charge in [-0.2, -0.15) is 10.1 Å². The molecular formula is C21H16FN5O3. The van der Waals surface area contributed by atoms with E-state index in [0.717, 1.165) is 6.07 Å². The molecule has 4 aromatic rings. The Hall–Kier alpha value is -4.27. The Kier molecular flexibility index (Phi) is 5.08. The van der Waals surface area contributed by atoms with Gasteiger partial charge in [0.25, 0.3) is 0 Å². The zero-order valence-corrected chi connectivity index (χ0v) is 15.5. The van der Waals surface area contributed by atoms with E-state index in [-0.39, 0.29) is 17.2 Å². The van der Waals surface area contributed by atoms with Crippen LogP contribution in [0.4, 0.5) is 10.1 Å². The van der Waals surface area contributed by atoms with Gasteiger partial charge in [-0.3, -0.25) is 9.59 Å². The molecule has 0 bridgehead atoms. The minimum Gasteiger partial charge on any atom is -0.434 e. The van der Waals surface area contributed by atoms with Gasteiger partial charge in [-0.15, -0.1) is 0 Å². The van der Waals surface area contributed by atoms with Gasteiger partial charge in [0.15, 0.2) is 11.6 Å². The number of para-hydroxylation sites is 1. The average molecular weight is 405 g/mol. The van der Waals surface area contributed by atoms with Gasteiger partial charge in [0.05, 0.1) is 0 Å². The summed E-state index contributed by atoms with van der Waals surface area (Å²) in [5.41, 5.74) is 6.57. The molecule has 2 aromatic carbocycles. The number of fused-ring (bicyclic) bond motifs is 1. The van der Waals surface area contributed by atoms with Crippen molar-refractivity contribution in [3.05, 3.63) is 84.6 Å². The van der Waals surface area contributed by atoms with Gasteiger partial charge in [0.1, 0.15) is 17.8 Å². The first kappa shape index (κ1) is 19.1. The molecule has 2 heterocycles. The van der Waals surface area contributed by atoms with Crippen molar-refractivity contribution in [2.24, 2.45) is 5.73 Å². The number of nitrogens with one attached hydrogen (secondary N) is 1. The number of aromatic nitrogens is 3. The monoisotopic (exact) mass is 405 g/mol. The normalized spacial score (nSPS) is 11.8. The number of halogens is 1. The van der Waals surface area contributed by atoms with E-state index in [9.17, 15) is 14.0 Å². The van der Waals surface area contributed by atoms with Crippen LogP contribution in [0, 0.1) is 5.82 Å². The molecule has 0 spiro atoms. The Morgan fingerprint density at radius 1 is 1.10 bits per heavy atom. The SMILES string of the molecule is NC(=O)C(C(=O)Nc1ccccc1)c1ccc(Oc2ncnn3cccc23)c(F)c1. The summed E-state index contributed by atoms with van der Waals surface area (Å²) in [6, 6.07) is 15.8. The van der Waals surface area contributed by atoms with Crippen LogP contribution in [0.2, 0.25) is 0 Å². The molecule has 1 atom stereocenters. The summed E-state index contributed by atoms with van der Waals surface area (Å²) in [5, 5.41) is 6.61. The minimum absolute atomic E-state index is 0.108. The molecule has 9 heteroatoms. The van der Waals surface area contributed by atoms with E-state index >= 15 is 0 Å². The van der Waals surface area contributed by atoms with Gasteiger partial charge in [-0.1, -0.05) is 24.3 Å². The van der Waals surface area contributed by atoms with Crippen LogP contribution in [-0.4, -0.2) is 26.4 Å². The molecule has 0 saturated carbocycles. The highest BCUT2D eigenvalue weighted by Crippen LogP contribution is 2.29. The molecule has 8 nitrogen and oxygen atoms in total. The third kappa shape index (κ3) is 3.81. The highest BCUT2D eigenvalue weighted by atomic mass is 19.1. The van der Waals surface area contributed by atoms with E-state index in [1.807, 2.05) is 0 Å². The standard InChI is InChI=1S/C21H16FN5O3/c22-15-11-13(18(19(23)28)20(29)26-14-5-2-1-3-6-14)8-9-17(15)30-21-16-7-4-10-27(16)25-12-24-21/h1-12,18H,(H2,23,28)(H,26,29). The van der Waals surface area contributed by atoms with Crippen LogP contribution in [0.15, 0.2) is 73.2 Å². The Balaban J connectivity index is 1.59. The van der Waals surface area contributed by atoms with Gasteiger partial charge < -0.3 is 15.8 Å². The first-order valence-electron chi connectivity index (χ1n) is 8.94. The number of ether oxygens (including phenoxy) is 1. The summed E-state index contributed by atoms with van der Waals surface area (Å²) in [7, 11) is 0. The number of primary amides is 1. The quantitative estimate of drug-likeness (QED) is 0.479. The lowest BCUT2D eigenvalue weighted by Crippen LogP contribution is -2.32. The first-order valence-corrected chi connectivity index (χ1v) is 8.94. The molecule has 2 aromatic heterocycles. The van der Waals surface area contributed by atoms with Crippen LogP contribution < -0.4 is 15.8 Å². The molecule has 0 aliphatic rings. The lowest BCUT2D eigenvalue weighted by molar-refractivity contribution is -0.127. The van der Waals surface area contributed by atoms with Crippen LogP contribution in [0.3, 0.4) is 0 Å². The first-order chi connectivity index (χ1) is 14.5. The molecule has 2 amide bonds. The Bertz CT molecular complexity index is 1230. The molecule has 150 valence electrons. The summed E-state index contributed by atoms with van der Waals surface area (Å²) in [6.45, 7) is 0. The van der Waals surface area contributed by atoms with Crippen molar-refractivity contribution in [2.75, 3.05) is 5.32 Å². The molecule has 3 N–H and O–H groups in total. The van der Waals surface area contributed by atoms with Crippen LogP contribution in [0.5, 0.6) is 11.6 Å². The van der Waals surface area contributed by atoms with E-state index in [0.29, 0.717) is 11.2 Å². The summed E-state index contributed by atoms with van der Waals surface area (Å²) in [5.74, 6) is -3.66. The van der Waals surface area contributed by atoms with Gasteiger partial charge in [0.2, 0.25) is 17.7 Å². The fourth-order valence-electron chi connectivity index (χ4n) is 2.99. The van der Waals surface area contributed by atoms with Gasteiger partial charge in [-0.25, -0.2) is 8.91 Å². The number of nitrogens with zero attached hydrogens (tertiary/aromatic N) is 3. The van der Waals surface area contributed by atoms with Crippen molar-refractivity contribution in [1.29, 1.82) is 0 Å². The second-order valence-corrected chi connectivity index (χ2v) is 6.39. The van der Waals surface area contributed by atoms with Crippen molar-refractivity contribution < 1.29 is 18.7 Å². The summed E-state index contributed by atoms with van der Waals surface area (Å²) < 4.78 is 21.8. The van der Waals surface area contributed by atoms with E-state index in [2.05, 4.69) is 15.4 Å². The predicted octanol–water partition coefficient (Wildman–Crippen LogP) is 2.87. The van der Waals surface area contributed by atoms with E-state index < -0.39 is 23.5 Å². The number of amides is 2. The number of carbonyl (C=O) groups is 2. The molecule has 0 fully saturated rings. The number of hydrogen-bond donors (Lipinski definition) is 2. The maximum atomic E-state index is 14.7. The molecule has 0 saturated heterocycles. The van der Waals surface area contributed by atoms with E-state index in [4.69, 9.17) is 10.5 Å². The molecule has 1 unspecified atom stereocenters. The fourth-order valence-corrected chi connectivity index (χ4v) is 2.99. The van der Waals surface area contributed by atoms with Crippen molar-refractivity contribution in [2.45, 2.75) is 5.92 Å². The van der Waals surface area contributed by atoms with Crippen molar-refractivity contribution in [1.82, 2.24) is 14.6 Å². The van der Waals surface area contributed by atoms with Crippen molar-refractivity contribution in [3.63, 3.8) is 0 Å². The van der Waals surface area contributed by atoms with Gasteiger partial charge >= 0.3 is 0 Å². The molecule has 30 heavy (non-hydrogen) atoms. The predicted molar refractivity (Wildman–Crippen MR) is 106 cm³/mol. The van der Waals surface area contributed by atoms with E-state index in [1.165, 1.54) is 23.0 Å². The second-order valence-electron chi connectivity index (χ2n) is 6.39. The third-order valence-corrected chi connectivity index (χ3v) is 4.38. The smallest absolute Gasteiger partial charge is 0.247 e. The zero-order valence-electron chi connectivity index (χ0n) is 15.5. The lowest BCUT2D eigenvalue weighted by atomic mass is 9.97. The number of hydrogen-bond acceptors (Lipinski definition) is 5. The van der Waals surface area contributed by atoms with Gasteiger partial charge in [-0.05, 0) is 42.0 Å². The molecular weight excluding hydrogens is 389 g/mol. The van der Waals surface area contributed by atoms with Crippen molar-refractivity contribution in [3.8, 4) is 11.6 Å². The number of anilines is 1. The number of carbonyl (C=O) groups excluding carboxylic acids is 2. The maximum Gasteiger partial charge on any atom is 0.247 e. The van der Waals surface area contributed by atoms with E-state index in [1.54, 1.807) is 48.7 Å². The number of rotatable bonds is 6. The highest BCUT2D eigenvalue weighted by Gasteiger charge is 2.27. The third-order valence-electron chi connectivity index (χ3n) is 4.38. The average Bonchev–Trinajstić information content (AvgIpc) is 3.20. The summed E-state index contributed by atoms with van der Waals surface area (Å²) >= 11 is 0. The van der Waals surface area contributed by atoms with Crippen molar-refractivity contribution >= 4 is 23.0 Å². The number of benzene rings is 2.